The third kappa shape index (κ3) is 3.74. The second kappa shape index (κ2) is 7.89. The Kier molecular flexibility index (Phi) is 5.18. The van der Waals surface area contributed by atoms with E-state index in [4.69, 9.17) is 14.3 Å². The highest BCUT2D eigenvalue weighted by Gasteiger charge is 2.42. The van der Waals surface area contributed by atoms with Gasteiger partial charge in [0.15, 0.2) is 0 Å². The fourth-order valence-corrected chi connectivity index (χ4v) is 3.65. The van der Waals surface area contributed by atoms with Gasteiger partial charge >= 0.3 is 0 Å². The molecule has 0 aromatic heterocycles. The first-order chi connectivity index (χ1) is 12.8. The molecule has 0 amide bonds. The van der Waals surface area contributed by atoms with E-state index in [9.17, 15) is 0 Å². The minimum atomic E-state index is 0.159. The number of rotatable bonds is 7. The quantitative estimate of drug-likeness (QED) is 0.719. The van der Waals surface area contributed by atoms with Gasteiger partial charge in [-0.3, -0.25) is 4.90 Å². The number of hydrogen-bond donors (Lipinski definition) is 0. The predicted octanol–water partition coefficient (Wildman–Crippen LogP) is 2.95. The van der Waals surface area contributed by atoms with Gasteiger partial charge in [0.05, 0.1) is 18.2 Å². The standard InChI is InChI=1S/C21H24N2O3/c1-24-10-11-25-18-9-5-6-16(12-18)13-23-14-19-20(15-23)26-22-21(19)17-7-3-2-4-8-17/h2-9,12,19-20H,10-11,13-15H2,1H3/t19-,20+/m1/s1. The molecular formula is C21H24N2O3. The van der Waals surface area contributed by atoms with Crippen LogP contribution in [0.1, 0.15) is 11.1 Å². The highest BCUT2D eigenvalue weighted by molar-refractivity contribution is 6.03. The van der Waals surface area contributed by atoms with Crippen LogP contribution in [0.25, 0.3) is 0 Å². The van der Waals surface area contributed by atoms with E-state index < -0.39 is 0 Å². The molecule has 0 unspecified atom stereocenters. The molecule has 2 aromatic carbocycles. The van der Waals surface area contributed by atoms with Gasteiger partial charge in [-0.25, -0.2) is 0 Å². The first kappa shape index (κ1) is 17.1. The molecule has 2 aliphatic heterocycles. The van der Waals surface area contributed by atoms with Gasteiger partial charge in [-0.2, -0.15) is 0 Å². The van der Waals surface area contributed by atoms with Crippen molar-refractivity contribution in [2.24, 2.45) is 11.1 Å². The molecule has 2 aliphatic rings. The molecular weight excluding hydrogens is 328 g/mol. The molecule has 136 valence electrons. The van der Waals surface area contributed by atoms with E-state index in [1.54, 1.807) is 7.11 Å². The average molecular weight is 352 g/mol. The third-order valence-corrected chi connectivity index (χ3v) is 4.91. The largest absolute Gasteiger partial charge is 0.491 e. The van der Waals surface area contributed by atoms with E-state index in [0.29, 0.717) is 19.1 Å². The van der Waals surface area contributed by atoms with Crippen LogP contribution in [0, 0.1) is 5.92 Å². The van der Waals surface area contributed by atoms with E-state index in [1.807, 2.05) is 30.3 Å². The number of benzene rings is 2. The van der Waals surface area contributed by atoms with Crippen LogP contribution >= 0.6 is 0 Å². The Morgan fingerprint density at radius 2 is 1.96 bits per heavy atom. The van der Waals surface area contributed by atoms with E-state index in [-0.39, 0.29) is 6.10 Å². The Morgan fingerprint density at radius 3 is 2.81 bits per heavy atom. The smallest absolute Gasteiger partial charge is 0.149 e. The molecule has 0 N–H and O–H groups in total. The van der Waals surface area contributed by atoms with Crippen molar-refractivity contribution in [1.29, 1.82) is 0 Å². The summed E-state index contributed by atoms with van der Waals surface area (Å²) in [6.07, 6.45) is 0.159. The van der Waals surface area contributed by atoms with Crippen molar-refractivity contribution in [3.8, 4) is 5.75 Å². The summed E-state index contributed by atoms with van der Waals surface area (Å²) in [6, 6.07) is 18.6. The Balaban J connectivity index is 1.38. The Morgan fingerprint density at radius 1 is 1.08 bits per heavy atom. The molecule has 26 heavy (non-hydrogen) atoms. The SMILES string of the molecule is COCCOc1cccc(CN2C[C@@H]3ON=C(c4ccccc4)[C@@H]3C2)c1. The molecule has 0 spiro atoms. The summed E-state index contributed by atoms with van der Waals surface area (Å²) in [4.78, 5) is 8.14. The normalized spacial score (nSPS) is 22.0. The lowest BCUT2D eigenvalue weighted by atomic mass is 9.95. The average Bonchev–Trinajstić information content (AvgIpc) is 3.23. The number of hydrogen-bond acceptors (Lipinski definition) is 5. The van der Waals surface area contributed by atoms with Crippen molar-refractivity contribution in [3.63, 3.8) is 0 Å². The minimum absolute atomic E-state index is 0.159. The molecule has 4 rings (SSSR count). The minimum Gasteiger partial charge on any atom is -0.491 e. The maximum atomic E-state index is 5.71. The van der Waals surface area contributed by atoms with Gasteiger partial charge in [-0.15, -0.1) is 0 Å². The number of ether oxygens (including phenoxy) is 2. The van der Waals surface area contributed by atoms with Gasteiger partial charge in [0.2, 0.25) is 0 Å². The number of nitrogens with zero attached hydrogens (tertiary/aromatic N) is 2. The van der Waals surface area contributed by atoms with E-state index in [0.717, 1.165) is 36.7 Å². The van der Waals surface area contributed by atoms with Crippen LogP contribution in [-0.4, -0.2) is 50.1 Å². The van der Waals surface area contributed by atoms with Crippen LogP contribution in [0.4, 0.5) is 0 Å². The Bertz CT molecular complexity index is 763. The predicted molar refractivity (Wildman–Crippen MR) is 100 cm³/mol. The van der Waals surface area contributed by atoms with Crippen LogP contribution < -0.4 is 4.74 Å². The second-order valence-corrected chi connectivity index (χ2v) is 6.78. The number of fused-ring (bicyclic) bond motifs is 1. The summed E-state index contributed by atoms with van der Waals surface area (Å²) < 4.78 is 10.7. The highest BCUT2D eigenvalue weighted by Crippen LogP contribution is 2.31. The molecule has 2 atom stereocenters. The summed E-state index contributed by atoms with van der Waals surface area (Å²) in [7, 11) is 1.68. The molecule has 2 aromatic rings. The van der Waals surface area contributed by atoms with Crippen molar-refractivity contribution >= 4 is 5.71 Å². The van der Waals surface area contributed by atoms with Crippen LogP contribution in [0.2, 0.25) is 0 Å². The fraction of sp³-hybridized carbons (Fsp3) is 0.381. The monoisotopic (exact) mass is 352 g/mol. The van der Waals surface area contributed by atoms with Crippen LogP contribution in [-0.2, 0) is 16.1 Å². The lowest BCUT2D eigenvalue weighted by Gasteiger charge is -2.17. The molecule has 5 nitrogen and oxygen atoms in total. The zero-order valence-electron chi connectivity index (χ0n) is 15.0. The summed E-state index contributed by atoms with van der Waals surface area (Å²) in [5.74, 6) is 1.24. The van der Waals surface area contributed by atoms with Gasteiger partial charge in [-0.05, 0) is 23.3 Å². The van der Waals surface area contributed by atoms with Crippen LogP contribution in [0.15, 0.2) is 59.8 Å². The highest BCUT2D eigenvalue weighted by atomic mass is 16.6. The lowest BCUT2D eigenvalue weighted by Crippen LogP contribution is -2.23. The van der Waals surface area contributed by atoms with Gasteiger partial charge < -0.3 is 14.3 Å². The van der Waals surface area contributed by atoms with E-state index in [1.165, 1.54) is 5.56 Å². The topological polar surface area (TPSA) is 43.3 Å². The molecule has 5 heteroatoms. The Labute approximate surface area is 154 Å². The maximum absolute atomic E-state index is 5.71. The van der Waals surface area contributed by atoms with E-state index in [2.05, 4.69) is 34.3 Å². The van der Waals surface area contributed by atoms with Crippen LogP contribution in [0.3, 0.4) is 0 Å². The molecule has 1 fully saturated rings. The lowest BCUT2D eigenvalue weighted by molar-refractivity contribution is 0.0745. The molecule has 0 saturated carbocycles. The Hall–Kier alpha value is -2.37. The van der Waals surface area contributed by atoms with Gasteiger partial charge in [0, 0.05) is 26.7 Å². The molecule has 0 bridgehead atoms. The fourth-order valence-electron chi connectivity index (χ4n) is 3.65. The summed E-state index contributed by atoms with van der Waals surface area (Å²) in [5, 5.41) is 4.35. The molecule has 0 aliphatic carbocycles. The number of likely N-dealkylation sites (tertiary alicyclic amines) is 1. The van der Waals surface area contributed by atoms with Gasteiger partial charge in [0.1, 0.15) is 18.5 Å². The zero-order chi connectivity index (χ0) is 17.8. The second-order valence-electron chi connectivity index (χ2n) is 6.78. The van der Waals surface area contributed by atoms with Gasteiger partial charge in [0.25, 0.3) is 0 Å². The third-order valence-electron chi connectivity index (χ3n) is 4.91. The number of oxime groups is 1. The van der Waals surface area contributed by atoms with Gasteiger partial charge in [-0.1, -0.05) is 47.6 Å². The van der Waals surface area contributed by atoms with Crippen molar-refractivity contribution in [2.45, 2.75) is 12.6 Å². The van der Waals surface area contributed by atoms with Crippen LogP contribution in [0.5, 0.6) is 5.75 Å². The number of methoxy groups -OCH3 is 1. The zero-order valence-corrected chi connectivity index (χ0v) is 15.0. The van der Waals surface area contributed by atoms with Crippen molar-refractivity contribution < 1.29 is 14.3 Å². The molecule has 2 heterocycles. The van der Waals surface area contributed by atoms with Crippen molar-refractivity contribution in [3.05, 3.63) is 65.7 Å². The first-order valence-corrected chi connectivity index (χ1v) is 9.05. The summed E-state index contributed by atoms with van der Waals surface area (Å²) >= 11 is 0. The first-order valence-electron chi connectivity index (χ1n) is 9.05. The van der Waals surface area contributed by atoms with Crippen molar-refractivity contribution in [2.75, 3.05) is 33.4 Å². The molecule has 0 radical (unpaired) electrons. The summed E-state index contributed by atoms with van der Waals surface area (Å²) in [5.41, 5.74) is 3.49. The van der Waals surface area contributed by atoms with E-state index >= 15 is 0 Å². The molecule has 1 saturated heterocycles. The maximum Gasteiger partial charge on any atom is 0.149 e. The summed E-state index contributed by atoms with van der Waals surface area (Å²) in [6.45, 7) is 3.92. The van der Waals surface area contributed by atoms with Crippen molar-refractivity contribution in [1.82, 2.24) is 4.90 Å².